The van der Waals surface area contributed by atoms with Crippen LogP contribution in [0.25, 0.3) is 0 Å². The van der Waals surface area contributed by atoms with Crippen LogP contribution in [0, 0.1) is 0 Å². The van der Waals surface area contributed by atoms with Crippen LogP contribution >= 0.6 is 79.4 Å². The molecule has 0 aliphatic carbocycles. The predicted octanol–water partition coefficient (Wildman–Crippen LogP) is 4.48. The fourth-order valence-electron chi connectivity index (χ4n) is 2.21. The Morgan fingerprint density at radius 3 is 2.57 bits per heavy atom. The van der Waals surface area contributed by atoms with Crippen LogP contribution in [0.3, 0.4) is 0 Å². The molecule has 0 atom stereocenters. The van der Waals surface area contributed by atoms with E-state index in [1.165, 1.54) is 26.4 Å². The minimum absolute atomic E-state index is 0.0559. The minimum atomic E-state index is -0.656. The van der Waals surface area contributed by atoms with Crippen molar-refractivity contribution in [2.75, 3.05) is 14.2 Å². The second-order valence-corrected chi connectivity index (χ2v) is 16.7. The van der Waals surface area contributed by atoms with Crippen molar-refractivity contribution in [2.45, 2.75) is 6.23 Å². The number of oxime groups is 1. The van der Waals surface area contributed by atoms with Gasteiger partial charge in [-0.3, -0.25) is 4.79 Å². The van der Waals surface area contributed by atoms with Crippen LogP contribution in [0.1, 0.15) is 21.5 Å². The molecule has 0 unspecified atom stereocenters. The number of ether oxygens (including phenoxy) is 2. The molecule has 1 N–H and O–H groups in total. The molecule has 160 valence electrons. The lowest BCUT2D eigenvalue weighted by atomic mass is 10.0. The number of likely N-dealkylation sites (N-methyl/N-ethyl adjacent to an activating group) is 1. The molecule has 0 fully saturated rings. The third-order valence-corrected chi connectivity index (χ3v) is 4.41. The Balaban J connectivity index is 2.30. The molecular weight excluding hydrogens is 754 g/mol. The number of hydrogen-bond donors (Lipinski definition) is 1. The first-order valence-electron chi connectivity index (χ1n) is 8.16. The number of nitrogens with one attached hydrogen (secondary N) is 1. The number of aromatic nitrogens is 1. The van der Waals surface area contributed by atoms with Crippen molar-refractivity contribution in [1.82, 2.24) is 10.3 Å². The summed E-state index contributed by atoms with van der Waals surface area (Å²) in [7, 11) is 2.78. The van der Waals surface area contributed by atoms with Gasteiger partial charge in [0, 0.05) is 18.8 Å². The minimum Gasteiger partial charge on any atom is -0.472 e. The molecule has 0 radical (unpaired) electrons. The van der Waals surface area contributed by atoms with Crippen LogP contribution < -0.4 is 10.1 Å². The van der Waals surface area contributed by atoms with Crippen LogP contribution in [-0.4, -0.2) is 36.4 Å². The van der Waals surface area contributed by atoms with E-state index in [2.05, 4.69) is 20.2 Å². The number of amides is 1. The zero-order chi connectivity index (χ0) is 22.3. The maximum absolute atomic E-state index is 12.4. The molecule has 0 saturated carbocycles. The largest absolute Gasteiger partial charge is 0.472 e. The molecule has 12 heteroatoms. The van der Waals surface area contributed by atoms with E-state index in [0.29, 0.717) is 11.1 Å². The maximum Gasteiger partial charge on any atom is 0.339 e. The van der Waals surface area contributed by atoms with E-state index >= 15 is 0 Å². The summed E-state index contributed by atoms with van der Waals surface area (Å²) in [6, 6.07) is 8.52. The number of esters is 1. The molecule has 2 rings (SSSR count). The van der Waals surface area contributed by atoms with Gasteiger partial charge in [-0.25, -0.2) is 9.78 Å². The summed E-state index contributed by atoms with van der Waals surface area (Å²) in [5.74, 6) is -0.821. The van der Waals surface area contributed by atoms with E-state index in [9.17, 15) is 9.59 Å². The maximum atomic E-state index is 12.4. The first-order valence-corrected chi connectivity index (χ1v) is 11.8. The lowest BCUT2D eigenvalue weighted by Crippen LogP contribution is -2.30. The first-order chi connectivity index (χ1) is 14.2. The molecule has 1 amide bonds. The number of benzene rings is 1. The third kappa shape index (κ3) is 7.33. The Bertz CT molecular complexity index is 966. The molecule has 1 aromatic heterocycles. The topological polar surface area (TPSA) is 99.1 Å². The molecule has 0 bridgehead atoms. The van der Waals surface area contributed by atoms with E-state index in [1.54, 1.807) is 24.3 Å². The summed E-state index contributed by atoms with van der Waals surface area (Å²) in [6.45, 7) is 0.0559. The van der Waals surface area contributed by atoms with E-state index < -0.39 is 11.5 Å². The summed E-state index contributed by atoms with van der Waals surface area (Å²) in [6.07, 6.45) is 1.31. The van der Waals surface area contributed by atoms with Gasteiger partial charge in [0.25, 0.3) is 5.53 Å². The summed E-state index contributed by atoms with van der Waals surface area (Å²) in [5, 5.41) is 6.76. The van der Waals surface area contributed by atoms with Crippen LogP contribution in [-0.2, 0) is 21.0 Å². The number of nitrogens with zero attached hydrogens (tertiary/aromatic N) is 2. The number of hydrogen-bond acceptors (Lipinski definition) is 7. The van der Waals surface area contributed by atoms with Crippen LogP contribution in [0.2, 0.25) is 5.02 Å². The van der Waals surface area contributed by atoms with Gasteiger partial charge in [0.2, 0.25) is 5.88 Å². The third-order valence-electron chi connectivity index (χ3n) is 3.55. The zero-order valence-corrected chi connectivity index (χ0v) is 22.8. The summed E-state index contributed by atoms with van der Waals surface area (Å²) in [5.41, 5.74) is 1.51. The van der Waals surface area contributed by atoms with Crippen LogP contribution in [0.15, 0.2) is 41.7 Å². The molecule has 8 nitrogen and oxygen atoms in total. The molecule has 1 heterocycles. The van der Waals surface area contributed by atoms with Gasteiger partial charge in [-0.1, -0.05) is 41.0 Å². The fourth-order valence-corrected chi connectivity index (χ4v) is 2.73. The number of pyridine rings is 1. The smallest absolute Gasteiger partial charge is 0.339 e. The van der Waals surface area contributed by atoms with Crippen molar-refractivity contribution in [3.05, 3.63) is 58.2 Å². The molecule has 0 aliphatic rings. The highest BCUT2D eigenvalue weighted by Gasteiger charge is 2.23. The van der Waals surface area contributed by atoms with Gasteiger partial charge < -0.3 is 19.6 Å². The van der Waals surface area contributed by atoms with Crippen molar-refractivity contribution >= 4 is 97.0 Å². The first kappa shape index (κ1) is 25.3. The normalized spacial score (nSPS) is 11.6. The Morgan fingerprint density at radius 1 is 1.27 bits per heavy atom. The number of carbonyl (C=O) groups excluding carboxylic acids is 2. The van der Waals surface area contributed by atoms with Crippen molar-refractivity contribution in [3.8, 4) is 5.88 Å². The zero-order valence-electron chi connectivity index (χ0n) is 15.6. The summed E-state index contributed by atoms with van der Waals surface area (Å²) < 4.78 is 9.70. The standard InChI is InChI=1S/C18H15ClI3N3O5/c1-23-15(26)14(25-30-18(20,21)22)12-6-4-3-5-10(12)9-29-16-13(19)7-11(8-24-16)17(27)28-2/h3-8H,9H2,1-2H3,(H,23,26). The Labute approximate surface area is 218 Å². The number of alkyl halides is 3. The molecular formula is C18H15ClI3N3O5. The Kier molecular flexibility index (Phi) is 9.80. The molecule has 2 aromatic rings. The Hall–Kier alpha value is -0.940. The van der Waals surface area contributed by atoms with E-state index in [0.717, 1.165) is 0 Å². The lowest BCUT2D eigenvalue weighted by Gasteiger charge is -2.14. The second-order valence-electron chi connectivity index (χ2n) is 5.50. The highest BCUT2D eigenvalue weighted by molar-refractivity contribution is 14.3. The van der Waals surface area contributed by atoms with Gasteiger partial charge in [-0.15, -0.1) is 0 Å². The number of methoxy groups -OCH3 is 1. The highest BCUT2D eigenvalue weighted by Crippen LogP contribution is 2.37. The van der Waals surface area contributed by atoms with E-state index in [1.807, 2.05) is 67.8 Å². The van der Waals surface area contributed by atoms with Gasteiger partial charge in [-0.05, 0) is 79.4 Å². The Morgan fingerprint density at radius 2 is 1.97 bits per heavy atom. The van der Waals surface area contributed by atoms with Crippen LogP contribution in [0.5, 0.6) is 5.88 Å². The van der Waals surface area contributed by atoms with Crippen molar-refractivity contribution < 1.29 is 23.9 Å². The average molecular weight is 769 g/mol. The molecule has 30 heavy (non-hydrogen) atoms. The van der Waals surface area contributed by atoms with Gasteiger partial charge in [0.05, 0.1) is 12.7 Å². The number of halogens is 4. The van der Waals surface area contributed by atoms with Crippen LogP contribution in [0.4, 0.5) is 0 Å². The van der Waals surface area contributed by atoms with Crippen molar-refractivity contribution in [2.24, 2.45) is 5.16 Å². The predicted molar refractivity (Wildman–Crippen MR) is 138 cm³/mol. The molecule has 0 spiro atoms. The number of carbonyl (C=O) groups is 2. The molecule has 0 saturated heterocycles. The second kappa shape index (κ2) is 11.6. The summed E-state index contributed by atoms with van der Waals surface area (Å²) >= 11 is 12.3. The lowest BCUT2D eigenvalue weighted by molar-refractivity contribution is -0.114. The monoisotopic (exact) mass is 769 g/mol. The van der Waals surface area contributed by atoms with Gasteiger partial charge in [0.1, 0.15) is 11.6 Å². The average Bonchev–Trinajstić information content (AvgIpc) is 2.72. The summed E-state index contributed by atoms with van der Waals surface area (Å²) in [4.78, 5) is 33.5. The van der Waals surface area contributed by atoms with E-state index in [4.69, 9.17) is 21.2 Å². The molecule has 0 aliphatic heterocycles. The van der Waals surface area contributed by atoms with Crippen molar-refractivity contribution in [1.29, 1.82) is 0 Å². The van der Waals surface area contributed by atoms with Crippen molar-refractivity contribution in [3.63, 3.8) is 0 Å². The SMILES string of the molecule is CNC(=O)C(=NOC(I)(I)I)c1ccccc1COc1ncc(C(=O)OC)cc1Cl. The van der Waals surface area contributed by atoms with Gasteiger partial charge in [-0.2, -0.15) is 0 Å². The van der Waals surface area contributed by atoms with E-state index in [-0.39, 0.29) is 28.8 Å². The van der Waals surface area contributed by atoms with Gasteiger partial charge in [0.15, 0.2) is 5.71 Å². The highest BCUT2D eigenvalue weighted by atomic mass is 127. The molecule has 1 aromatic carbocycles. The number of rotatable bonds is 8. The fraction of sp³-hybridized carbons (Fsp3) is 0.222. The van der Waals surface area contributed by atoms with Gasteiger partial charge >= 0.3 is 5.97 Å². The quantitative estimate of drug-likeness (QED) is 0.140.